The fourth-order valence-corrected chi connectivity index (χ4v) is 3.30. The van der Waals surface area contributed by atoms with Crippen LogP contribution in [-0.2, 0) is 11.2 Å². The maximum Gasteiger partial charge on any atom is 0.246 e. The molecule has 0 saturated carbocycles. The van der Waals surface area contributed by atoms with Gasteiger partial charge < -0.3 is 13.9 Å². The molecule has 1 amide bonds. The van der Waals surface area contributed by atoms with Crippen LogP contribution in [0, 0.1) is 0 Å². The Hall–Kier alpha value is -2.04. The molecule has 1 saturated heterocycles. The SMILES string of the molecule is CCc1ccc([C@@H]2CCCCCN2C(=O)[C@H](C)n2ccnc2)o1. The van der Waals surface area contributed by atoms with E-state index in [4.69, 9.17) is 4.42 Å². The number of hydrogen-bond acceptors (Lipinski definition) is 3. The number of carbonyl (C=O) groups is 1. The Kier molecular flexibility index (Phi) is 4.84. The van der Waals surface area contributed by atoms with Gasteiger partial charge in [-0.1, -0.05) is 19.8 Å². The van der Waals surface area contributed by atoms with Crippen LogP contribution in [0.5, 0.6) is 0 Å². The molecule has 124 valence electrons. The van der Waals surface area contributed by atoms with Crippen molar-refractivity contribution >= 4 is 5.91 Å². The van der Waals surface area contributed by atoms with Gasteiger partial charge in [-0.3, -0.25) is 4.79 Å². The zero-order chi connectivity index (χ0) is 16.2. The van der Waals surface area contributed by atoms with Gasteiger partial charge in [0.2, 0.25) is 5.91 Å². The molecule has 0 radical (unpaired) electrons. The second kappa shape index (κ2) is 7.02. The molecule has 5 nitrogen and oxygen atoms in total. The lowest BCUT2D eigenvalue weighted by atomic mass is 10.1. The van der Waals surface area contributed by atoms with Gasteiger partial charge >= 0.3 is 0 Å². The zero-order valence-electron chi connectivity index (χ0n) is 13.9. The van der Waals surface area contributed by atoms with Gasteiger partial charge in [0, 0.05) is 25.4 Å². The Balaban J connectivity index is 1.84. The molecule has 0 N–H and O–H groups in total. The molecular weight excluding hydrogens is 290 g/mol. The molecule has 0 aliphatic carbocycles. The van der Waals surface area contributed by atoms with Crippen LogP contribution >= 0.6 is 0 Å². The molecule has 2 aromatic heterocycles. The van der Waals surface area contributed by atoms with E-state index >= 15 is 0 Å². The molecular formula is C18H25N3O2. The molecule has 1 fully saturated rings. The Morgan fingerprint density at radius 2 is 2.26 bits per heavy atom. The molecule has 0 bridgehead atoms. The number of hydrogen-bond donors (Lipinski definition) is 0. The average molecular weight is 315 g/mol. The van der Waals surface area contributed by atoms with Crippen molar-refractivity contribution in [2.75, 3.05) is 6.54 Å². The number of aryl methyl sites for hydroxylation is 1. The molecule has 0 spiro atoms. The topological polar surface area (TPSA) is 51.3 Å². The summed E-state index contributed by atoms with van der Waals surface area (Å²) in [5.41, 5.74) is 0. The molecule has 1 aliphatic heterocycles. The molecule has 3 rings (SSSR count). The number of carbonyl (C=O) groups excluding carboxylic acids is 1. The molecule has 1 aliphatic rings. The van der Waals surface area contributed by atoms with E-state index in [0.717, 1.165) is 43.7 Å². The van der Waals surface area contributed by atoms with Crippen molar-refractivity contribution in [3.63, 3.8) is 0 Å². The third-order valence-corrected chi connectivity index (χ3v) is 4.72. The molecule has 0 unspecified atom stereocenters. The van der Waals surface area contributed by atoms with Gasteiger partial charge in [-0.2, -0.15) is 0 Å². The highest BCUT2D eigenvalue weighted by Gasteiger charge is 2.31. The summed E-state index contributed by atoms with van der Waals surface area (Å²) in [6.45, 7) is 4.82. The van der Waals surface area contributed by atoms with Gasteiger partial charge in [-0.05, 0) is 31.9 Å². The van der Waals surface area contributed by atoms with Crippen LogP contribution in [-0.4, -0.2) is 26.9 Å². The van der Waals surface area contributed by atoms with E-state index < -0.39 is 0 Å². The molecule has 0 aromatic carbocycles. The predicted octanol–water partition coefficient (Wildman–Crippen LogP) is 3.74. The first kappa shape index (κ1) is 15.8. The van der Waals surface area contributed by atoms with Crippen molar-refractivity contribution in [3.05, 3.63) is 42.4 Å². The Bertz CT molecular complexity index is 632. The average Bonchev–Trinajstić information content (AvgIpc) is 3.21. The minimum absolute atomic E-state index is 0.0521. The van der Waals surface area contributed by atoms with E-state index in [1.165, 1.54) is 6.42 Å². The first-order valence-corrected chi connectivity index (χ1v) is 8.57. The second-order valence-electron chi connectivity index (χ2n) is 6.24. The smallest absolute Gasteiger partial charge is 0.246 e. The van der Waals surface area contributed by atoms with Gasteiger partial charge in [0.15, 0.2) is 0 Å². The van der Waals surface area contributed by atoms with Gasteiger partial charge in [0.05, 0.1) is 12.4 Å². The summed E-state index contributed by atoms with van der Waals surface area (Å²) in [4.78, 5) is 19.1. The van der Waals surface area contributed by atoms with Gasteiger partial charge in [0.1, 0.15) is 17.6 Å². The van der Waals surface area contributed by atoms with Gasteiger partial charge in [0.25, 0.3) is 0 Å². The summed E-state index contributed by atoms with van der Waals surface area (Å²) in [7, 11) is 0. The molecule has 2 atom stereocenters. The van der Waals surface area contributed by atoms with Crippen molar-refractivity contribution in [1.82, 2.24) is 14.5 Å². The predicted molar refractivity (Wildman–Crippen MR) is 87.9 cm³/mol. The van der Waals surface area contributed by atoms with E-state index in [1.54, 1.807) is 12.5 Å². The van der Waals surface area contributed by atoms with Crippen LogP contribution in [0.2, 0.25) is 0 Å². The quantitative estimate of drug-likeness (QED) is 0.863. The zero-order valence-corrected chi connectivity index (χ0v) is 13.9. The molecule has 3 heterocycles. The summed E-state index contributed by atoms with van der Waals surface area (Å²) in [6, 6.07) is 3.88. The summed E-state index contributed by atoms with van der Waals surface area (Å²) in [6.07, 6.45) is 10.5. The fraction of sp³-hybridized carbons (Fsp3) is 0.556. The molecule has 23 heavy (non-hydrogen) atoms. The second-order valence-corrected chi connectivity index (χ2v) is 6.24. The first-order chi connectivity index (χ1) is 11.2. The first-order valence-electron chi connectivity index (χ1n) is 8.57. The van der Waals surface area contributed by atoms with Crippen molar-refractivity contribution in [3.8, 4) is 0 Å². The maximum absolute atomic E-state index is 13.0. The lowest BCUT2D eigenvalue weighted by Crippen LogP contribution is -2.38. The van der Waals surface area contributed by atoms with E-state index in [1.807, 2.05) is 34.7 Å². The normalized spacial score (nSPS) is 20.3. The number of aromatic nitrogens is 2. The van der Waals surface area contributed by atoms with Gasteiger partial charge in [-0.25, -0.2) is 4.98 Å². The Morgan fingerprint density at radius 1 is 1.39 bits per heavy atom. The van der Waals surface area contributed by atoms with Crippen LogP contribution in [0.3, 0.4) is 0 Å². The summed E-state index contributed by atoms with van der Waals surface area (Å²) >= 11 is 0. The molecule has 5 heteroatoms. The number of rotatable bonds is 4. The lowest BCUT2D eigenvalue weighted by molar-refractivity contribution is -0.137. The highest BCUT2D eigenvalue weighted by atomic mass is 16.3. The van der Waals surface area contributed by atoms with Crippen molar-refractivity contribution < 1.29 is 9.21 Å². The largest absolute Gasteiger partial charge is 0.464 e. The number of amides is 1. The van der Waals surface area contributed by atoms with Crippen LogP contribution in [0.1, 0.15) is 63.1 Å². The van der Waals surface area contributed by atoms with Crippen LogP contribution < -0.4 is 0 Å². The Labute approximate surface area is 137 Å². The highest BCUT2D eigenvalue weighted by Crippen LogP contribution is 2.33. The van der Waals surface area contributed by atoms with Crippen molar-refractivity contribution in [2.24, 2.45) is 0 Å². The van der Waals surface area contributed by atoms with E-state index in [2.05, 4.69) is 11.9 Å². The third kappa shape index (κ3) is 3.33. The maximum atomic E-state index is 13.0. The summed E-state index contributed by atoms with van der Waals surface area (Å²) in [5, 5.41) is 0. The highest BCUT2D eigenvalue weighted by molar-refractivity contribution is 5.80. The van der Waals surface area contributed by atoms with Gasteiger partial charge in [-0.15, -0.1) is 0 Å². The van der Waals surface area contributed by atoms with E-state index in [0.29, 0.717) is 0 Å². The van der Waals surface area contributed by atoms with Crippen LogP contribution in [0.4, 0.5) is 0 Å². The van der Waals surface area contributed by atoms with Crippen LogP contribution in [0.25, 0.3) is 0 Å². The van der Waals surface area contributed by atoms with E-state index in [-0.39, 0.29) is 18.0 Å². The molecule has 2 aromatic rings. The monoisotopic (exact) mass is 315 g/mol. The number of imidazole rings is 1. The standard InChI is InChI=1S/C18H25N3O2/c1-3-15-8-9-17(23-15)16-7-5-4-6-11-21(16)18(22)14(2)20-12-10-19-13-20/h8-10,12-14,16H,3-7,11H2,1-2H3/t14-,16-/m0/s1. The number of nitrogens with zero attached hydrogens (tertiary/aromatic N) is 3. The fourth-order valence-electron chi connectivity index (χ4n) is 3.30. The number of likely N-dealkylation sites (tertiary alicyclic amines) is 1. The van der Waals surface area contributed by atoms with Crippen molar-refractivity contribution in [1.29, 1.82) is 0 Å². The lowest BCUT2D eigenvalue weighted by Gasteiger charge is -2.31. The third-order valence-electron chi connectivity index (χ3n) is 4.72. The Morgan fingerprint density at radius 3 is 2.96 bits per heavy atom. The van der Waals surface area contributed by atoms with E-state index in [9.17, 15) is 4.79 Å². The summed E-state index contributed by atoms with van der Waals surface area (Å²) in [5.74, 6) is 2.05. The minimum atomic E-state index is -0.237. The number of furan rings is 1. The summed E-state index contributed by atoms with van der Waals surface area (Å²) < 4.78 is 7.83. The minimum Gasteiger partial charge on any atom is -0.464 e. The van der Waals surface area contributed by atoms with Crippen LogP contribution in [0.15, 0.2) is 35.3 Å². The van der Waals surface area contributed by atoms with Crippen molar-refractivity contribution in [2.45, 2.75) is 58.0 Å².